The van der Waals surface area contributed by atoms with E-state index in [1.54, 1.807) is 18.5 Å². The lowest BCUT2D eigenvalue weighted by molar-refractivity contribution is 0.0946. The second kappa shape index (κ2) is 8.27. The molecule has 0 aliphatic rings. The molecule has 0 fully saturated rings. The lowest BCUT2D eigenvalue weighted by Crippen LogP contribution is -2.24. The second-order valence-electron chi connectivity index (χ2n) is 6.02. The molecule has 0 spiro atoms. The van der Waals surface area contributed by atoms with E-state index < -0.39 is 0 Å². The van der Waals surface area contributed by atoms with E-state index in [0.717, 1.165) is 27.6 Å². The van der Waals surface area contributed by atoms with Crippen molar-refractivity contribution in [2.24, 2.45) is 0 Å². The molecule has 3 aromatic rings. The van der Waals surface area contributed by atoms with Crippen LogP contribution in [0.25, 0.3) is 10.9 Å². The van der Waals surface area contributed by atoms with Gasteiger partial charge < -0.3 is 10.1 Å². The highest BCUT2D eigenvalue weighted by molar-refractivity contribution is 9.10. The van der Waals surface area contributed by atoms with E-state index in [-0.39, 0.29) is 12.0 Å². The van der Waals surface area contributed by atoms with E-state index >= 15 is 0 Å². The van der Waals surface area contributed by atoms with Gasteiger partial charge in [0.15, 0.2) is 0 Å². The molecule has 2 aromatic heterocycles. The molecule has 1 amide bonds. The summed E-state index contributed by atoms with van der Waals surface area (Å²) in [5, 5.41) is 3.80. The van der Waals surface area contributed by atoms with Crippen molar-refractivity contribution in [2.75, 3.05) is 0 Å². The van der Waals surface area contributed by atoms with Crippen LogP contribution in [-0.2, 0) is 6.54 Å². The number of rotatable bonds is 6. The van der Waals surface area contributed by atoms with Gasteiger partial charge in [0.05, 0.1) is 16.1 Å². The third-order valence-corrected chi connectivity index (χ3v) is 4.68. The number of pyridine rings is 2. The zero-order chi connectivity index (χ0) is 18.5. The number of amides is 1. The van der Waals surface area contributed by atoms with Gasteiger partial charge in [0, 0.05) is 29.9 Å². The molecule has 1 atom stereocenters. The van der Waals surface area contributed by atoms with Crippen molar-refractivity contribution >= 4 is 32.7 Å². The number of halogens is 1. The maximum atomic E-state index is 12.5. The number of nitrogens with zero attached hydrogens (tertiary/aromatic N) is 2. The minimum absolute atomic E-state index is 0.125. The van der Waals surface area contributed by atoms with Crippen LogP contribution in [-0.4, -0.2) is 22.0 Å². The smallest absolute Gasteiger partial charge is 0.270 e. The average Bonchev–Trinajstić information content (AvgIpc) is 2.67. The molecular formula is C20H20BrN3O2. The monoisotopic (exact) mass is 413 g/mol. The van der Waals surface area contributed by atoms with Gasteiger partial charge in [-0.25, -0.2) is 4.98 Å². The first-order valence-electron chi connectivity index (χ1n) is 8.51. The molecule has 0 aliphatic carbocycles. The van der Waals surface area contributed by atoms with Gasteiger partial charge in [0.25, 0.3) is 5.91 Å². The Labute approximate surface area is 160 Å². The van der Waals surface area contributed by atoms with Crippen LogP contribution in [0.15, 0.2) is 53.3 Å². The molecule has 134 valence electrons. The van der Waals surface area contributed by atoms with Crippen LogP contribution in [0.1, 0.15) is 36.3 Å². The highest BCUT2D eigenvalue weighted by atomic mass is 79.9. The highest BCUT2D eigenvalue weighted by Crippen LogP contribution is 2.22. The Hall–Kier alpha value is -2.47. The van der Waals surface area contributed by atoms with Gasteiger partial charge in [-0.05, 0) is 47.5 Å². The first-order chi connectivity index (χ1) is 12.6. The lowest BCUT2D eigenvalue weighted by atomic mass is 10.2. The minimum Gasteiger partial charge on any atom is -0.490 e. The quantitative estimate of drug-likeness (QED) is 0.645. The predicted molar refractivity (Wildman–Crippen MR) is 105 cm³/mol. The van der Waals surface area contributed by atoms with Crippen molar-refractivity contribution in [3.63, 3.8) is 0 Å². The fourth-order valence-corrected chi connectivity index (χ4v) is 2.90. The first kappa shape index (κ1) is 18.3. The topological polar surface area (TPSA) is 64.1 Å². The molecule has 3 rings (SSSR count). The molecular weight excluding hydrogens is 394 g/mol. The number of fused-ring (bicyclic) bond motifs is 1. The van der Waals surface area contributed by atoms with Gasteiger partial charge in [-0.2, -0.15) is 0 Å². The normalized spacial score (nSPS) is 12.0. The molecule has 5 nitrogen and oxygen atoms in total. The fraction of sp³-hybridized carbons (Fsp3) is 0.250. The molecule has 6 heteroatoms. The summed E-state index contributed by atoms with van der Waals surface area (Å²) in [5.41, 5.74) is 2.02. The summed E-state index contributed by atoms with van der Waals surface area (Å²) < 4.78 is 6.69. The molecule has 1 unspecified atom stereocenters. The molecule has 0 bridgehead atoms. The van der Waals surface area contributed by atoms with E-state index in [9.17, 15) is 4.79 Å². The first-order valence-corrected chi connectivity index (χ1v) is 9.30. The van der Waals surface area contributed by atoms with E-state index in [1.165, 1.54) is 0 Å². The van der Waals surface area contributed by atoms with Gasteiger partial charge in [-0.3, -0.25) is 9.78 Å². The Morgan fingerprint density at radius 3 is 2.85 bits per heavy atom. The van der Waals surface area contributed by atoms with E-state index in [4.69, 9.17) is 4.74 Å². The van der Waals surface area contributed by atoms with E-state index in [1.807, 2.05) is 37.3 Å². The summed E-state index contributed by atoms with van der Waals surface area (Å²) in [6, 6.07) is 11.3. The van der Waals surface area contributed by atoms with Crippen molar-refractivity contribution in [1.82, 2.24) is 15.3 Å². The van der Waals surface area contributed by atoms with Crippen molar-refractivity contribution in [3.8, 4) is 5.75 Å². The van der Waals surface area contributed by atoms with Gasteiger partial charge in [0.2, 0.25) is 0 Å². The number of carbonyl (C=O) groups is 1. The molecule has 0 saturated carbocycles. The predicted octanol–water partition coefficient (Wildman–Crippen LogP) is 4.50. The van der Waals surface area contributed by atoms with Gasteiger partial charge in [0.1, 0.15) is 11.4 Å². The van der Waals surface area contributed by atoms with Crippen LogP contribution in [0, 0.1) is 0 Å². The van der Waals surface area contributed by atoms with Crippen LogP contribution in [0.3, 0.4) is 0 Å². The van der Waals surface area contributed by atoms with Gasteiger partial charge in [-0.15, -0.1) is 0 Å². The van der Waals surface area contributed by atoms with Crippen molar-refractivity contribution in [2.45, 2.75) is 32.9 Å². The summed E-state index contributed by atoms with van der Waals surface area (Å²) in [5.74, 6) is 0.566. The largest absolute Gasteiger partial charge is 0.490 e. The highest BCUT2D eigenvalue weighted by Gasteiger charge is 2.12. The number of nitrogens with one attached hydrogen (secondary N) is 1. The minimum atomic E-state index is -0.228. The molecule has 0 aliphatic heterocycles. The summed E-state index contributed by atoms with van der Waals surface area (Å²) in [6.45, 7) is 4.48. The van der Waals surface area contributed by atoms with Crippen LogP contribution in [0.4, 0.5) is 0 Å². The maximum Gasteiger partial charge on any atom is 0.270 e. The van der Waals surface area contributed by atoms with Gasteiger partial charge >= 0.3 is 0 Å². The number of carbonyl (C=O) groups excluding carboxylic acids is 1. The van der Waals surface area contributed by atoms with E-state index in [2.05, 4.69) is 38.1 Å². The molecule has 0 radical (unpaired) electrons. The van der Waals surface area contributed by atoms with E-state index in [0.29, 0.717) is 17.8 Å². The molecule has 26 heavy (non-hydrogen) atoms. The molecule has 1 N–H and O–H groups in total. The number of benzene rings is 1. The Morgan fingerprint density at radius 1 is 1.23 bits per heavy atom. The Bertz CT molecular complexity index is 930. The Kier molecular flexibility index (Phi) is 5.83. The zero-order valence-electron chi connectivity index (χ0n) is 14.7. The zero-order valence-corrected chi connectivity index (χ0v) is 16.3. The number of ether oxygens (including phenoxy) is 1. The standard InChI is InChI=1S/C20H20BrN3O2/c1-3-13(2)26-18-7-5-4-6-14(18)11-23-20(25)17-9-8-15-10-22-12-16(21)19(15)24-17/h4-10,12-13H,3,11H2,1-2H3,(H,23,25). The second-order valence-corrected chi connectivity index (χ2v) is 6.87. The summed E-state index contributed by atoms with van der Waals surface area (Å²) in [6.07, 6.45) is 4.43. The number of aromatic nitrogens is 2. The fourth-order valence-electron chi connectivity index (χ4n) is 2.47. The number of hydrogen-bond acceptors (Lipinski definition) is 4. The summed E-state index contributed by atoms with van der Waals surface area (Å²) in [7, 11) is 0. The lowest BCUT2D eigenvalue weighted by Gasteiger charge is -2.16. The summed E-state index contributed by atoms with van der Waals surface area (Å²) >= 11 is 3.42. The third-order valence-electron chi connectivity index (χ3n) is 4.10. The Morgan fingerprint density at radius 2 is 2.04 bits per heavy atom. The Balaban J connectivity index is 1.74. The SMILES string of the molecule is CCC(C)Oc1ccccc1CNC(=O)c1ccc2cncc(Br)c2n1. The molecule has 0 saturated heterocycles. The van der Waals surface area contributed by atoms with Crippen molar-refractivity contribution in [1.29, 1.82) is 0 Å². The average molecular weight is 414 g/mol. The van der Waals surface area contributed by atoms with Crippen LogP contribution >= 0.6 is 15.9 Å². The van der Waals surface area contributed by atoms with Crippen molar-refractivity contribution < 1.29 is 9.53 Å². The van der Waals surface area contributed by atoms with Crippen LogP contribution in [0.2, 0.25) is 0 Å². The van der Waals surface area contributed by atoms with Gasteiger partial charge in [-0.1, -0.05) is 25.1 Å². The van der Waals surface area contributed by atoms with Crippen molar-refractivity contribution in [3.05, 3.63) is 64.5 Å². The third kappa shape index (κ3) is 4.19. The number of para-hydroxylation sites is 1. The van der Waals surface area contributed by atoms with Crippen LogP contribution in [0.5, 0.6) is 5.75 Å². The maximum absolute atomic E-state index is 12.5. The van der Waals surface area contributed by atoms with Crippen LogP contribution < -0.4 is 10.1 Å². The molecule has 2 heterocycles. The molecule has 1 aromatic carbocycles. The summed E-state index contributed by atoms with van der Waals surface area (Å²) in [4.78, 5) is 21.1. The number of hydrogen-bond donors (Lipinski definition) is 1.